The number of rotatable bonds is 5. The van der Waals surface area contributed by atoms with Crippen molar-refractivity contribution >= 4 is 5.91 Å². The van der Waals surface area contributed by atoms with E-state index in [0.29, 0.717) is 24.4 Å². The molecule has 3 heterocycles. The van der Waals surface area contributed by atoms with Gasteiger partial charge in [0, 0.05) is 44.6 Å². The molecule has 28 heavy (non-hydrogen) atoms. The maximum Gasteiger partial charge on any atom is 0.230 e. The van der Waals surface area contributed by atoms with E-state index in [1.54, 1.807) is 25.4 Å². The molecule has 0 bridgehead atoms. The Labute approximate surface area is 164 Å². The second-order valence-electron chi connectivity index (χ2n) is 7.98. The van der Waals surface area contributed by atoms with Crippen LogP contribution in [0.3, 0.4) is 0 Å². The van der Waals surface area contributed by atoms with Crippen molar-refractivity contribution in [1.29, 1.82) is 0 Å². The zero-order valence-corrected chi connectivity index (χ0v) is 16.5. The van der Waals surface area contributed by atoms with Gasteiger partial charge in [0.15, 0.2) is 0 Å². The number of benzene rings is 1. The van der Waals surface area contributed by atoms with Gasteiger partial charge in [-0.1, -0.05) is 0 Å². The Balaban J connectivity index is 1.47. The van der Waals surface area contributed by atoms with Crippen molar-refractivity contribution in [2.24, 2.45) is 12.5 Å². The quantitative estimate of drug-likeness (QED) is 0.793. The summed E-state index contributed by atoms with van der Waals surface area (Å²) >= 11 is 0. The minimum Gasteiger partial charge on any atom is -0.497 e. The number of piperidine rings is 1. The van der Waals surface area contributed by atoms with Crippen LogP contribution in [0.1, 0.15) is 30.7 Å². The van der Waals surface area contributed by atoms with Crippen LogP contribution in [0.5, 0.6) is 5.75 Å². The van der Waals surface area contributed by atoms with Crippen molar-refractivity contribution < 1.29 is 13.9 Å². The van der Waals surface area contributed by atoms with Crippen LogP contribution in [0.25, 0.3) is 0 Å². The number of nitrogens with zero attached hydrogens (tertiary/aromatic N) is 4. The number of aryl methyl sites for hydroxylation is 1. The molecule has 2 aliphatic heterocycles. The first-order chi connectivity index (χ1) is 13.5. The number of carbonyl (C=O) groups excluding carboxylic acids is 1. The third-order valence-electron chi connectivity index (χ3n) is 6.16. The Hall–Kier alpha value is -2.41. The number of carbonyl (C=O) groups is 1. The first-order valence-corrected chi connectivity index (χ1v) is 9.81. The summed E-state index contributed by atoms with van der Waals surface area (Å²) in [6.45, 7) is 3.36. The Kier molecular flexibility index (Phi) is 5.10. The third-order valence-corrected chi connectivity index (χ3v) is 6.16. The number of amides is 1. The van der Waals surface area contributed by atoms with Gasteiger partial charge in [-0.05, 0) is 44.0 Å². The lowest BCUT2D eigenvalue weighted by Crippen LogP contribution is -2.49. The number of aromatic nitrogens is 2. The Morgan fingerprint density at radius 2 is 2.11 bits per heavy atom. The highest BCUT2D eigenvalue weighted by Crippen LogP contribution is 2.41. The van der Waals surface area contributed by atoms with Gasteiger partial charge in [-0.3, -0.25) is 9.69 Å². The van der Waals surface area contributed by atoms with Crippen LogP contribution in [-0.4, -0.2) is 52.0 Å². The van der Waals surface area contributed by atoms with Gasteiger partial charge in [0.1, 0.15) is 17.4 Å². The van der Waals surface area contributed by atoms with Gasteiger partial charge >= 0.3 is 0 Å². The minimum atomic E-state index is -0.348. The summed E-state index contributed by atoms with van der Waals surface area (Å²) < 4.78 is 21.5. The van der Waals surface area contributed by atoms with Crippen LogP contribution in [0.2, 0.25) is 0 Å². The lowest BCUT2D eigenvalue weighted by Gasteiger charge is -2.39. The van der Waals surface area contributed by atoms with Crippen LogP contribution < -0.4 is 4.74 Å². The highest BCUT2D eigenvalue weighted by atomic mass is 19.1. The molecule has 1 amide bonds. The minimum absolute atomic E-state index is 0.156. The topological polar surface area (TPSA) is 50.6 Å². The summed E-state index contributed by atoms with van der Waals surface area (Å²) in [6.07, 6.45) is 6.45. The van der Waals surface area contributed by atoms with E-state index in [2.05, 4.69) is 9.88 Å². The molecule has 1 spiro atoms. The number of ether oxygens (including phenoxy) is 1. The highest BCUT2D eigenvalue weighted by Gasteiger charge is 2.48. The van der Waals surface area contributed by atoms with Crippen molar-refractivity contribution in [3.8, 4) is 5.75 Å². The van der Waals surface area contributed by atoms with Gasteiger partial charge in [0.25, 0.3) is 0 Å². The van der Waals surface area contributed by atoms with Crippen molar-refractivity contribution in [3.05, 3.63) is 47.8 Å². The summed E-state index contributed by atoms with van der Waals surface area (Å²) in [5.74, 6) is 1.48. The van der Waals surface area contributed by atoms with E-state index in [4.69, 9.17) is 4.74 Å². The van der Waals surface area contributed by atoms with E-state index in [-0.39, 0.29) is 17.1 Å². The molecule has 1 unspecified atom stereocenters. The molecule has 150 valence electrons. The third kappa shape index (κ3) is 3.51. The molecule has 7 heteroatoms. The monoisotopic (exact) mass is 386 g/mol. The van der Waals surface area contributed by atoms with E-state index in [9.17, 15) is 9.18 Å². The predicted octanol–water partition coefficient (Wildman–Crippen LogP) is 2.58. The molecule has 1 aromatic heterocycles. The van der Waals surface area contributed by atoms with Crippen LogP contribution in [0.4, 0.5) is 4.39 Å². The average Bonchev–Trinajstić information content (AvgIpc) is 3.28. The van der Waals surface area contributed by atoms with Gasteiger partial charge in [0.05, 0.1) is 19.1 Å². The normalized spacial score (nSPS) is 23.0. The smallest absolute Gasteiger partial charge is 0.230 e. The SMILES string of the molecule is COc1ccc(F)c(CN2CCCC3(CCN(Cc4nccn4C)C3)C2=O)c1. The van der Waals surface area contributed by atoms with E-state index < -0.39 is 0 Å². The fraction of sp³-hybridized carbons (Fsp3) is 0.524. The van der Waals surface area contributed by atoms with Crippen LogP contribution in [0, 0.1) is 11.2 Å². The molecule has 1 atom stereocenters. The lowest BCUT2D eigenvalue weighted by atomic mass is 9.78. The van der Waals surface area contributed by atoms with E-state index >= 15 is 0 Å². The molecule has 2 aliphatic rings. The molecule has 4 rings (SSSR count). The number of hydrogen-bond acceptors (Lipinski definition) is 4. The lowest BCUT2D eigenvalue weighted by molar-refractivity contribution is -0.146. The highest BCUT2D eigenvalue weighted by molar-refractivity contribution is 5.84. The second kappa shape index (κ2) is 7.54. The van der Waals surface area contributed by atoms with Gasteiger partial charge in [0.2, 0.25) is 5.91 Å². The largest absolute Gasteiger partial charge is 0.497 e. The summed E-state index contributed by atoms with van der Waals surface area (Å²) in [5, 5.41) is 0. The van der Waals surface area contributed by atoms with E-state index in [0.717, 1.165) is 44.7 Å². The number of halogens is 1. The van der Waals surface area contributed by atoms with Crippen molar-refractivity contribution in [2.45, 2.75) is 32.4 Å². The summed E-state index contributed by atoms with van der Waals surface area (Å²) in [6, 6.07) is 4.69. The van der Waals surface area contributed by atoms with Crippen molar-refractivity contribution in [2.75, 3.05) is 26.7 Å². The molecule has 0 radical (unpaired) electrons. The predicted molar refractivity (Wildman–Crippen MR) is 103 cm³/mol. The first-order valence-electron chi connectivity index (χ1n) is 9.81. The number of hydrogen-bond donors (Lipinski definition) is 0. The van der Waals surface area contributed by atoms with Gasteiger partial charge in [-0.25, -0.2) is 9.37 Å². The zero-order valence-electron chi connectivity index (χ0n) is 16.5. The van der Waals surface area contributed by atoms with E-state index in [1.165, 1.54) is 6.07 Å². The van der Waals surface area contributed by atoms with E-state index in [1.807, 2.05) is 22.7 Å². The molecule has 2 aromatic rings. The Morgan fingerprint density at radius 3 is 2.86 bits per heavy atom. The average molecular weight is 386 g/mol. The number of imidazole rings is 1. The molecule has 2 fully saturated rings. The van der Waals surface area contributed by atoms with Gasteiger partial charge in [-0.2, -0.15) is 0 Å². The fourth-order valence-corrected chi connectivity index (χ4v) is 4.53. The number of likely N-dealkylation sites (tertiary alicyclic amines) is 2. The molecular weight excluding hydrogens is 359 g/mol. The molecular formula is C21H27FN4O2. The maximum absolute atomic E-state index is 14.3. The summed E-state index contributed by atoms with van der Waals surface area (Å²) in [4.78, 5) is 21.9. The van der Waals surface area contributed by atoms with Gasteiger partial charge < -0.3 is 14.2 Å². The second-order valence-corrected chi connectivity index (χ2v) is 7.98. The zero-order chi connectivity index (χ0) is 19.7. The first kappa shape index (κ1) is 18.9. The van der Waals surface area contributed by atoms with Crippen molar-refractivity contribution in [1.82, 2.24) is 19.4 Å². The molecule has 0 aliphatic carbocycles. The maximum atomic E-state index is 14.3. The van der Waals surface area contributed by atoms with Crippen LogP contribution in [-0.2, 0) is 24.9 Å². The summed E-state index contributed by atoms with van der Waals surface area (Å²) in [7, 11) is 3.55. The molecule has 6 nitrogen and oxygen atoms in total. The molecule has 0 N–H and O–H groups in total. The number of methoxy groups -OCH3 is 1. The summed E-state index contributed by atoms with van der Waals surface area (Å²) in [5.41, 5.74) is 0.159. The fourth-order valence-electron chi connectivity index (χ4n) is 4.53. The molecule has 2 saturated heterocycles. The van der Waals surface area contributed by atoms with Crippen LogP contribution >= 0.6 is 0 Å². The Bertz CT molecular complexity index is 868. The molecule has 1 aromatic carbocycles. The standard InChI is InChI=1S/C21H27FN4O2/c1-24-11-8-23-19(24)14-25-10-7-21(15-25)6-3-9-26(20(21)27)13-16-12-17(28-2)4-5-18(16)22/h4-5,8,11-12H,3,6-7,9-10,13-15H2,1-2H3. The van der Waals surface area contributed by atoms with Crippen LogP contribution in [0.15, 0.2) is 30.6 Å². The van der Waals surface area contributed by atoms with Crippen molar-refractivity contribution in [3.63, 3.8) is 0 Å². The molecule has 0 saturated carbocycles. The Morgan fingerprint density at radius 1 is 1.25 bits per heavy atom. The van der Waals surface area contributed by atoms with Gasteiger partial charge in [-0.15, -0.1) is 0 Å².